The SMILES string of the molecule is CCCCCCCC(=O)OCCOCCOCCOCCOCCOCCOCCOCCOCCOCCOCCOC(C)=O. The van der Waals surface area contributed by atoms with Gasteiger partial charge in [-0.05, 0) is 6.42 Å². The van der Waals surface area contributed by atoms with Crippen LogP contribution in [0.15, 0.2) is 0 Å². The van der Waals surface area contributed by atoms with Crippen molar-refractivity contribution in [3.63, 3.8) is 0 Å². The zero-order chi connectivity index (χ0) is 33.4. The van der Waals surface area contributed by atoms with Crippen LogP contribution >= 0.6 is 0 Å². The summed E-state index contributed by atoms with van der Waals surface area (Å²) < 4.78 is 64.1. The van der Waals surface area contributed by atoms with Crippen molar-refractivity contribution in [2.75, 3.05) is 145 Å². The Kier molecular flexibility index (Phi) is 38.5. The molecule has 0 aromatic carbocycles. The fraction of sp³-hybridized carbons (Fsp3) is 0.938. The number of ether oxygens (including phenoxy) is 12. The zero-order valence-electron chi connectivity index (χ0n) is 28.5. The molecular formula is C32H62O14. The second-order valence-corrected chi connectivity index (χ2v) is 9.85. The molecule has 0 aromatic rings. The van der Waals surface area contributed by atoms with Crippen molar-refractivity contribution in [1.82, 2.24) is 0 Å². The highest BCUT2D eigenvalue weighted by molar-refractivity contribution is 5.69. The van der Waals surface area contributed by atoms with E-state index in [0.29, 0.717) is 139 Å². The molecule has 0 unspecified atom stereocenters. The van der Waals surface area contributed by atoms with E-state index < -0.39 is 0 Å². The highest BCUT2D eigenvalue weighted by Gasteiger charge is 2.02. The highest BCUT2D eigenvalue weighted by Crippen LogP contribution is 2.05. The Morgan fingerprint density at radius 3 is 0.891 bits per heavy atom. The first-order valence-corrected chi connectivity index (χ1v) is 16.7. The Hall–Kier alpha value is -1.46. The van der Waals surface area contributed by atoms with E-state index in [1.54, 1.807) is 0 Å². The number of rotatable bonds is 39. The summed E-state index contributed by atoms with van der Waals surface area (Å²) in [5.41, 5.74) is 0. The van der Waals surface area contributed by atoms with E-state index in [0.717, 1.165) is 12.8 Å². The molecule has 0 aromatic heterocycles. The summed E-state index contributed by atoms with van der Waals surface area (Å²) in [4.78, 5) is 22.2. The van der Waals surface area contributed by atoms with E-state index in [2.05, 4.69) is 6.92 Å². The molecule has 0 spiro atoms. The van der Waals surface area contributed by atoms with Gasteiger partial charge >= 0.3 is 11.9 Å². The average Bonchev–Trinajstić information content (AvgIpc) is 3.04. The first-order valence-electron chi connectivity index (χ1n) is 16.7. The molecule has 14 heteroatoms. The van der Waals surface area contributed by atoms with Gasteiger partial charge in [0.2, 0.25) is 0 Å². The van der Waals surface area contributed by atoms with Crippen molar-refractivity contribution in [2.24, 2.45) is 0 Å². The van der Waals surface area contributed by atoms with Crippen LogP contribution in [0.4, 0.5) is 0 Å². The van der Waals surface area contributed by atoms with Crippen molar-refractivity contribution in [1.29, 1.82) is 0 Å². The molecule has 0 aliphatic rings. The topological polar surface area (TPSA) is 145 Å². The summed E-state index contributed by atoms with van der Waals surface area (Å²) in [6.07, 6.45) is 6.06. The summed E-state index contributed by atoms with van der Waals surface area (Å²) in [6.45, 7) is 13.5. The normalized spacial score (nSPS) is 11.3. The Bertz CT molecular complexity index is 626. The third-order valence-electron chi connectivity index (χ3n) is 5.86. The molecule has 0 N–H and O–H groups in total. The number of hydrogen-bond acceptors (Lipinski definition) is 14. The maximum absolute atomic E-state index is 11.6. The standard InChI is InChI=1S/C32H62O14/c1-3-4-5-6-7-8-32(34)46-30-28-44-26-24-42-22-20-40-18-16-38-14-12-36-10-9-35-11-13-37-15-17-39-19-21-41-23-25-43-27-29-45-31(2)33/h3-30H2,1-2H3. The molecule has 0 rings (SSSR count). The third kappa shape index (κ3) is 40.6. The lowest BCUT2D eigenvalue weighted by molar-refractivity contribution is -0.145. The maximum Gasteiger partial charge on any atom is 0.305 e. The molecule has 0 aliphatic heterocycles. The molecule has 0 bridgehead atoms. The van der Waals surface area contributed by atoms with E-state index >= 15 is 0 Å². The Labute approximate surface area is 276 Å². The Balaban J connectivity index is 3.09. The molecule has 0 aliphatic carbocycles. The minimum absolute atomic E-state index is 0.151. The highest BCUT2D eigenvalue weighted by atomic mass is 16.6. The van der Waals surface area contributed by atoms with Gasteiger partial charge in [0.25, 0.3) is 0 Å². The van der Waals surface area contributed by atoms with Crippen LogP contribution in [0.1, 0.15) is 52.4 Å². The van der Waals surface area contributed by atoms with Gasteiger partial charge < -0.3 is 56.8 Å². The quantitative estimate of drug-likeness (QED) is 0.0698. The van der Waals surface area contributed by atoms with Gasteiger partial charge in [-0.1, -0.05) is 32.6 Å². The van der Waals surface area contributed by atoms with Gasteiger partial charge in [0.1, 0.15) is 13.2 Å². The molecule has 0 heterocycles. The van der Waals surface area contributed by atoms with Crippen molar-refractivity contribution < 1.29 is 66.4 Å². The maximum atomic E-state index is 11.6. The largest absolute Gasteiger partial charge is 0.463 e. The van der Waals surface area contributed by atoms with Gasteiger partial charge in [0.15, 0.2) is 0 Å². The average molecular weight is 671 g/mol. The fourth-order valence-corrected chi connectivity index (χ4v) is 3.49. The molecule has 274 valence electrons. The van der Waals surface area contributed by atoms with Crippen LogP contribution in [0.2, 0.25) is 0 Å². The van der Waals surface area contributed by atoms with Crippen molar-refractivity contribution >= 4 is 11.9 Å². The number of carbonyl (C=O) groups excluding carboxylic acids is 2. The predicted molar refractivity (Wildman–Crippen MR) is 169 cm³/mol. The lowest BCUT2D eigenvalue weighted by Gasteiger charge is -2.09. The molecule has 0 saturated carbocycles. The molecule has 46 heavy (non-hydrogen) atoms. The second kappa shape index (κ2) is 39.7. The minimum Gasteiger partial charge on any atom is -0.463 e. The van der Waals surface area contributed by atoms with Crippen LogP contribution in [0.5, 0.6) is 0 Å². The lowest BCUT2D eigenvalue weighted by Crippen LogP contribution is -2.15. The van der Waals surface area contributed by atoms with Crippen LogP contribution < -0.4 is 0 Å². The van der Waals surface area contributed by atoms with Crippen LogP contribution in [0.3, 0.4) is 0 Å². The zero-order valence-corrected chi connectivity index (χ0v) is 28.5. The molecule has 14 nitrogen and oxygen atoms in total. The van der Waals surface area contributed by atoms with Gasteiger partial charge in [0, 0.05) is 13.3 Å². The Morgan fingerprint density at radius 1 is 0.348 bits per heavy atom. The molecule has 0 atom stereocenters. The van der Waals surface area contributed by atoms with Crippen LogP contribution in [-0.4, -0.2) is 157 Å². The van der Waals surface area contributed by atoms with Crippen molar-refractivity contribution in [3.05, 3.63) is 0 Å². The summed E-state index contributed by atoms with van der Waals surface area (Å²) in [5, 5.41) is 0. The summed E-state index contributed by atoms with van der Waals surface area (Å²) in [6, 6.07) is 0. The van der Waals surface area contributed by atoms with Gasteiger partial charge in [0.05, 0.1) is 132 Å². The molecule has 0 radical (unpaired) electrons. The smallest absolute Gasteiger partial charge is 0.305 e. The Morgan fingerprint density at radius 2 is 0.609 bits per heavy atom. The van der Waals surface area contributed by atoms with Gasteiger partial charge in [-0.3, -0.25) is 9.59 Å². The first-order chi connectivity index (χ1) is 22.7. The van der Waals surface area contributed by atoms with Gasteiger partial charge in [-0.2, -0.15) is 0 Å². The number of carbonyl (C=O) groups is 2. The number of esters is 2. The lowest BCUT2D eigenvalue weighted by atomic mass is 10.1. The summed E-state index contributed by atoms with van der Waals surface area (Å²) >= 11 is 0. The first kappa shape index (κ1) is 44.5. The van der Waals surface area contributed by atoms with Crippen LogP contribution in [-0.2, 0) is 66.4 Å². The third-order valence-corrected chi connectivity index (χ3v) is 5.86. The van der Waals surface area contributed by atoms with E-state index in [1.807, 2.05) is 0 Å². The van der Waals surface area contributed by atoms with Gasteiger partial charge in [-0.15, -0.1) is 0 Å². The van der Waals surface area contributed by atoms with Crippen LogP contribution in [0.25, 0.3) is 0 Å². The van der Waals surface area contributed by atoms with E-state index in [4.69, 9.17) is 56.8 Å². The van der Waals surface area contributed by atoms with Crippen molar-refractivity contribution in [2.45, 2.75) is 52.4 Å². The van der Waals surface area contributed by atoms with E-state index in [1.165, 1.54) is 26.2 Å². The second-order valence-electron chi connectivity index (χ2n) is 9.85. The molecular weight excluding hydrogens is 608 g/mol. The van der Waals surface area contributed by atoms with Crippen molar-refractivity contribution in [3.8, 4) is 0 Å². The summed E-state index contributed by atoms with van der Waals surface area (Å²) in [7, 11) is 0. The minimum atomic E-state index is -0.313. The van der Waals surface area contributed by atoms with Crippen LogP contribution in [0, 0.1) is 0 Å². The fourth-order valence-electron chi connectivity index (χ4n) is 3.49. The van der Waals surface area contributed by atoms with E-state index in [-0.39, 0.29) is 25.2 Å². The molecule has 0 saturated heterocycles. The molecule has 0 amide bonds. The van der Waals surface area contributed by atoms with Gasteiger partial charge in [-0.25, -0.2) is 0 Å². The number of hydrogen-bond donors (Lipinski definition) is 0. The predicted octanol–water partition coefficient (Wildman–Crippen LogP) is 2.62. The van der Waals surface area contributed by atoms with E-state index in [9.17, 15) is 9.59 Å². The molecule has 0 fully saturated rings. The monoisotopic (exact) mass is 670 g/mol. The number of unbranched alkanes of at least 4 members (excludes halogenated alkanes) is 4. The summed E-state index contributed by atoms with van der Waals surface area (Å²) in [5.74, 6) is -0.464.